The Hall–Kier alpha value is -4.40. The van der Waals surface area contributed by atoms with Gasteiger partial charge < -0.3 is 25.0 Å². The summed E-state index contributed by atoms with van der Waals surface area (Å²) in [5, 5.41) is 12.1. The Morgan fingerprint density at radius 2 is 1.56 bits per heavy atom. The predicted molar refractivity (Wildman–Crippen MR) is 152 cm³/mol. The van der Waals surface area contributed by atoms with Gasteiger partial charge in [0.2, 0.25) is 5.91 Å². The minimum atomic E-state index is -0.921. The van der Waals surface area contributed by atoms with Crippen LogP contribution in [0.15, 0.2) is 97.2 Å². The van der Waals surface area contributed by atoms with Crippen LogP contribution in [-0.4, -0.2) is 58.4 Å². The normalized spacial score (nSPS) is 11.1. The molecular weight excluding hydrogens is 492 g/mol. The molecule has 4 rings (SSSR count). The van der Waals surface area contributed by atoms with E-state index >= 15 is 0 Å². The van der Waals surface area contributed by atoms with Crippen LogP contribution in [0.4, 0.5) is 5.69 Å². The molecule has 3 N–H and O–H groups in total. The van der Waals surface area contributed by atoms with Crippen LogP contribution in [0, 0.1) is 0 Å². The second kappa shape index (κ2) is 13.9. The Kier molecular flexibility index (Phi) is 9.88. The van der Waals surface area contributed by atoms with Gasteiger partial charge in [0.15, 0.2) is 0 Å². The van der Waals surface area contributed by atoms with Crippen molar-refractivity contribution in [2.45, 2.75) is 19.5 Å². The molecule has 202 valence electrons. The Morgan fingerprint density at radius 1 is 0.846 bits per heavy atom. The minimum Gasteiger partial charge on any atom is -0.478 e. The van der Waals surface area contributed by atoms with Crippen molar-refractivity contribution in [1.29, 1.82) is 0 Å². The molecule has 8 heteroatoms. The molecule has 8 nitrogen and oxygen atoms in total. The molecule has 0 saturated heterocycles. The number of ether oxygens (including phenoxy) is 1. The average molecular weight is 527 g/mol. The molecule has 0 saturated carbocycles. The number of aromatic amines is 1. The highest BCUT2D eigenvalue weighted by atomic mass is 16.5. The van der Waals surface area contributed by atoms with Gasteiger partial charge in [-0.05, 0) is 86.2 Å². The van der Waals surface area contributed by atoms with E-state index in [2.05, 4.69) is 20.1 Å². The van der Waals surface area contributed by atoms with Crippen LogP contribution < -0.4 is 10.1 Å². The molecule has 39 heavy (non-hydrogen) atoms. The van der Waals surface area contributed by atoms with Crippen molar-refractivity contribution < 1.29 is 19.4 Å². The molecule has 0 spiro atoms. The van der Waals surface area contributed by atoms with Crippen LogP contribution in [0.5, 0.6) is 11.5 Å². The smallest absolute Gasteiger partial charge is 0.335 e. The molecule has 1 aromatic heterocycles. The van der Waals surface area contributed by atoms with E-state index in [0.29, 0.717) is 18.0 Å². The molecule has 0 aliphatic carbocycles. The highest BCUT2D eigenvalue weighted by Crippen LogP contribution is 2.22. The molecule has 3 aromatic carbocycles. The van der Waals surface area contributed by atoms with Gasteiger partial charge in [0.25, 0.3) is 0 Å². The van der Waals surface area contributed by atoms with E-state index in [1.807, 2.05) is 92.1 Å². The van der Waals surface area contributed by atoms with Gasteiger partial charge in [-0.2, -0.15) is 0 Å². The van der Waals surface area contributed by atoms with Crippen molar-refractivity contribution in [2.24, 2.45) is 0 Å². The van der Waals surface area contributed by atoms with Crippen molar-refractivity contribution in [2.75, 3.05) is 32.0 Å². The zero-order chi connectivity index (χ0) is 27.5. The van der Waals surface area contributed by atoms with Crippen LogP contribution in [0.2, 0.25) is 0 Å². The number of aromatic carboxylic acids is 1. The molecule has 4 aromatic rings. The van der Waals surface area contributed by atoms with E-state index in [0.717, 1.165) is 43.1 Å². The molecule has 0 aliphatic heterocycles. The minimum absolute atomic E-state index is 0.0786. The lowest BCUT2D eigenvalue weighted by molar-refractivity contribution is -0.117. The third-order valence-electron chi connectivity index (χ3n) is 6.21. The van der Waals surface area contributed by atoms with Crippen LogP contribution >= 0.6 is 0 Å². The summed E-state index contributed by atoms with van der Waals surface area (Å²) < 4.78 is 5.83. The maximum Gasteiger partial charge on any atom is 0.335 e. The summed E-state index contributed by atoms with van der Waals surface area (Å²) in [6.45, 7) is 3.22. The number of amides is 1. The lowest BCUT2D eigenvalue weighted by atomic mass is 10.1. The van der Waals surface area contributed by atoms with Gasteiger partial charge >= 0.3 is 5.97 Å². The first kappa shape index (κ1) is 27.6. The number of H-pyrrole nitrogens is 1. The first-order chi connectivity index (χ1) is 18.9. The van der Waals surface area contributed by atoms with Gasteiger partial charge in [-0.3, -0.25) is 9.69 Å². The van der Waals surface area contributed by atoms with Crippen LogP contribution in [0.1, 0.15) is 28.0 Å². The average Bonchev–Trinajstić information content (AvgIpc) is 3.44. The Bertz CT molecular complexity index is 1310. The number of rotatable bonds is 14. The summed E-state index contributed by atoms with van der Waals surface area (Å²) >= 11 is 0. The van der Waals surface area contributed by atoms with Crippen LogP contribution in [0.3, 0.4) is 0 Å². The standard InChI is InChI=1S/C31H34N4O4/c1-34(21-24-10-12-25(13-11-24)31(37)38)19-6-20-35(22-27-7-5-18-32-27)23-30(36)33-26-14-16-29(17-15-26)39-28-8-3-2-4-9-28/h2-5,7-18,32H,6,19-23H2,1H3,(H,33,36)(H,37,38). The second-order valence-electron chi connectivity index (χ2n) is 9.49. The molecule has 0 fully saturated rings. The number of hydrogen-bond donors (Lipinski definition) is 3. The quantitative estimate of drug-likeness (QED) is 0.202. The molecule has 0 radical (unpaired) electrons. The summed E-state index contributed by atoms with van der Waals surface area (Å²) in [5.41, 5.74) is 3.12. The van der Waals surface area contributed by atoms with Crippen LogP contribution in [-0.2, 0) is 17.9 Å². The zero-order valence-corrected chi connectivity index (χ0v) is 22.0. The zero-order valence-electron chi connectivity index (χ0n) is 22.0. The van der Waals surface area contributed by atoms with Crippen LogP contribution in [0.25, 0.3) is 0 Å². The summed E-state index contributed by atoms with van der Waals surface area (Å²) in [6.07, 6.45) is 2.76. The fourth-order valence-electron chi connectivity index (χ4n) is 4.26. The van der Waals surface area contributed by atoms with E-state index in [1.54, 1.807) is 12.1 Å². The SMILES string of the molecule is CN(CCCN(CC(=O)Nc1ccc(Oc2ccccc2)cc1)Cc1ccc[nH]1)Cc1ccc(C(=O)O)cc1. The number of carboxylic acids is 1. The largest absolute Gasteiger partial charge is 0.478 e. The number of nitrogens with one attached hydrogen (secondary N) is 2. The number of anilines is 1. The maximum atomic E-state index is 12.9. The number of carbonyl (C=O) groups is 2. The molecule has 1 heterocycles. The third kappa shape index (κ3) is 9.14. The van der Waals surface area contributed by atoms with Gasteiger partial charge in [0, 0.05) is 37.2 Å². The first-order valence-corrected chi connectivity index (χ1v) is 12.9. The van der Waals surface area contributed by atoms with E-state index in [4.69, 9.17) is 9.84 Å². The lowest BCUT2D eigenvalue weighted by Gasteiger charge is -2.23. The van der Waals surface area contributed by atoms with Gasteiger partial charge in [0.05, 0.1) is 12.1 Å². The Balaban J connectivity index is 1.26. The fourth-order valence-corrected chi connectivity index (χ4v) is 4.26. The van der Waals surface area contributed by atoms with E-state index < -0.39 is 5.97 Å². The highest BCUT2D eigenvalue weighted by molar-refractivity contribution is 5.92. The van der Waals surface area contributed by atoms with Crippen molar-refractivity contribution >= 4 is 17.6 Å². The van der Waals surface area contributed by atoms with Gasteiger partial charge in [-0.25, -0.2) is 4.79 Å². The lowest BCUT2D eigenvalue weighted by Crippen LogP contribution is -2.35. The predicted octanol–water partition coefficient (Wildman–Crippen LogP) is 5.47. The fraction of sp³-hybridized carbons (Fsp3) is 0.226. The Labute approximate surface area is 228 Å². The van der Waals surface area contributed by atoms with Crippen molar-refractivity contribution in [3.8, 4) is 11.5 Å². The van der Waals surface area contributed by atoms with Gasteiger partial charge in [0.1, 0.15) is 11.5 Å². The third-order valence-corrected chi connectivity index (χ3v) is 6.21. The van der Waals surface area contributed by atoms with Crippen molar-refractivity contribution in [3.05, 3.63) is 114 Å². The van der Waals surface area contributed by atoms with Crippen molar-refractivity contribution in [3.63, 3.8) is 0 Å². The number of carboxylic acid groups (broad SMARTS) is 1. The molecule has 0 unspecified atom stereocenters. The molecule has 1 amide bonds. The number of aromatic nitrogens is 1. The summed E-state index contributed by atoms with van der Waals surface area (Å²) in [4.78, 5) is 31.5. The van der Waals surface area contributed by atoms with Crippen molar-refractivity contribution in [1.82, 2.24) is 14.8 Å². The first-order valence-electron chi connectivity index (χ1n) is 12.9. The number of benzene rings is 3. The number of nitrogens with zero attached hydrogens (tertiary/aromatic N) is 2. The molecule has 0 atom stereocenters. The monoisotopic (exact) mass is 526 g/mol. The summed E-state index contributed by atoms with van der Waals surface area (Å²) in [6, 6.07) is 27.8. The van der Waals surface area contributed by atoms with E-state index in [-0.39, 0.29) is 18.0 Å². The molecule has 0 aliphatic rings. The Morgan fingerprint density at radius 3 is 2.23 bits per heavy atom. The topological polar surface area (TPSA) is 97.9 Å². The number of carbonyl (C=O) groups excluding carboxylic acids is 1. The summed E-state index contributed by atoms with van der Waals surface area (Å²) in [5.74, 6) is 0.464. The maximum absolute atomic E-state index is 12.9. The second-order valence-corrected chi connectivity index (χ2v) is 9.49. The summed E-state index contributed by atoms with van der Waals surface area (Å²) in [7, 11) is 2.04. The van der Waals surface area contributed by atoms with E-state index in [9.17, 15) is 9.59 Å². The van der Waals surface area contributed by atoms with E-state index in [1.165, 1.54) is 0 Å². The molecular formula is C31H34N4O4. The molecule has 0 bridgehead atoms. The number of para-hydroxylation sites is 1. The highest BCUT2D eigenvalue weighted by Gasteiger charge is 2.13. The van der Waals surface area contributed by atoms with Gasteiger partial charge in [-0.15, -0.1) is 0 Å². The number of hydrogen-bond acceptors (Lipinski definition) is 5. The van der Waals surface area contributed by atoms with Gasteiger partial charge in [-0.1, -0.05) is 30.3 Å².